The molecule has 5 nitrogen and oxygen atoms in total. The van der Waals surface area contributed by atoms with Crippen LogP contribution in [0.3, 0.4) is 0 Å². The lowest BCUT2D eigenvalue weighted by Gasteiger charge is -2.13. The Labute approximate surface area is 167 Å². The zero-order valence-electron chi connectivity index (χ0n) is 16.7. The number of anilines is 1. The molecule has 1 aromatic heterocycles. The number of hydrogen-bond acceptors (Lipinski definition) is 4. The van der Waals surface area contributed by atoms with Gasteiger partial charge in [-0.05, 0) is 49.6 Å². The molecule has 148 valence electrons. The second-order valence-corrected chi connectivity index (χ2v) is 6.58. The van der Waals surface area contributed by atoms with Crippen LogP contribution in [-0.2, 0) is 17.7 Å². The van der Waals surface area contributed by atoms with E-state index in [1.165, 1.54) is 5.56 Å². The van der Waals surface area contributed by atoms with Gasteiger partial charge >= 0.3 is 0 Å². The molecule has 0 fully saturated rings. The highest BCUT2D eigenvalue weighted by molar-refractivity contribution is 5.62. The number of ether oxygens (including phenoxy) is 2. The van der Waals surface area contributed by atoms with Crippen molar-refractivity contribution in [3.8, 4) is 17.0 Å². The second kappa shape index (κ2) is 10.5. The Morgan fingerprint density at radius 2 is 1.82 bits per heavy atom. The Morgan fingerprint density at radius 1 is 1.04 bits per heavy atom. The molecule has 0 bridgehead atoms. The van der Waals surface area contributed by atoms with E-state index in [0.717, 1.165) is 48.9 Å². The summed E-state index contributed by atoms with van der Waals surface area (Å²) in [5, 5.41) is 3.49. The summed E-state index contributed by atoms with van der Waals surface area (Å²) in [6, 6.07) is 18.7. The lowest BCUT2D eigenvalue weighted by atomic mass is 10.1. The van der Waals surface area contributed by atoms with Crippen LogP contribution in [0.5, 0.6) is 5.75 Å². The lowest BCUT2D eigenvalue weighted by molar-refractivity contribution is 0.188. The third-order valence-electron chi connectivity index (χ3n) is 4.60. The average molecular weight is 380 g/mol. The van der Waals surface area contributed by atoms with Crippen LogP contribution in [0, 0.1) is 0 Å². The SMILES string of the molecule is CCOc1ccc(-c2cnc(NCCCc3ccccc3)n2CCOC)cc1. The predicted octanol–water partition coefficient (Wildman–Crippen LogP) is 4.64. The summed E-state index contributed by atoms with van der Waals surface area (Å²) in [5.41, 5.74) is 3.55. The third-order valence-corrected chi connectivity index (χ3v) is 4.60. The molecule has 1 heterocycles. The summed E-state index contributed by atoms with van der Waals surface area (Å²) in [5.74, 6) is 1.77. The molecule has 0 radical (unpaired) electrons. The van der Waals surface area contributed by atoms with Crippen molar-refractivity contribution < 1.29 is 9.47 Å². The largest absolute Gasteiger partial charge is 0.494 e. The normalized spacial score (nSPS) is 10.8. The fraction of sp³-hybridized carbons (Fsp3) is 0.348. The summed E-state index contributed by atoms with van der Waals surface area (Å²) in [4.78, 5) is 4.61. The molecule has 0 saturated carbocycles. The Balaban J connectivity index is 1.67. The van der Waals surface area contributed by atoms with E-state index in [1.54, 1.807) is 7.11 Å². The van der Waals surface area contributed by atoms with Gasteiger partial charge in [-0.1, -0.05) is 30.3 Å². The molecule has 2 aromatic carbocycles. The molecule has 0 aliphatic heterocycles. The third kappa shape index (κ3) is 5.36. The minimum Gasteiger partial charge on any atom is -0.494 e. The van der Waals surface area contributed by atoms with Crippen molar-refractivity contribution in [2.45, 2.75) is 26.3 Å². The Kier molecular flexibility index (Phi) is 7.50. The number of aromatic nitrogens is 2. The molecule has 3 rings (SSSR count). The molecule has 0 spiro atoms. The first-order valence-corrected chi connectivity index (χ1v) is 9.87. The maximum Gasteiger partial charge on any atom is 0.203 e. The van der Waals surface area contributed by atoms with Gasteiger partial charge in [0.25, 0.3) is 0 Å². The molecule has 0 unspecified atom stereocenters. The summed E-state index contributed by atoms with van der Waals surface area (Å²) >= 11 is 0. The zero-order chi connectivity index (χ0) is 19.6. The number of hydrogen-bond donors (Lipinski definition) is 1. The molecule has 28 heavy (non-hydrogen) atoms. The van der Waals surface area contributed by atoms with Crippen molar-refractivity contribution >= 4 is 5.95 Å². The van der Waals surface area contributed by atoms with Crippen molar-refractivity contribution in [3.05, 3.63) is 66.4 Å². The first-order valence-electron chi connectivity index (χ1n) is 9.87. The quantitative estimate of drug-likeness (QED) is 0.493. The Morgan fingerprint density at radius 3 is 2.54 bits per heavy atom. The molecular formula is C23H29N3O2. The van der Waals surface area contributed by atoms with Gasteiger partial charge < -0.3 is 19.4 Å². The molecular weight excluding hydrogens is 350 g/mol. The van der Waals surface area contributed by atoms with E-state index in [4.69, 9.17) is 9.47 Å². The van der Waals surface area contributed by atoms with Gasteiger partial charge in [0.2, 0.25) is 5.95 Å². The van der Waals surface area contributed by atoms with Crippen LogP contribution in [0.1, 0.15) is 18.9 Å². The number of methoxy groups -OCH3 is 1. The molecule has 1 N–H and O–H groups in total. The van der Waals surface area contributed by atoms with Crippen molar-refractivity contribution in [2.24, 2.45) is 0 Å². The Bertz CT molecular complexity index is 829. The zero-order valence-corrected chi connectivity index (χ0v) is 16.7. The molecule has 0 amide bonds. The van der Waals surface area contributed by atoms with Crippen LogP contribution < -0.4 is 10.1 Å². The minimum atomic E-state index is 0.638. The number of nitrogens with zero attached hydrogens (tertiary/aromatic N) is 2. The maximum absolute atomic E-state index is 5.54. The minimum absolute atomic E-state index is 0.638. The second-order valence-electron chi connectivity index (χ2n) is 6.58. The average Bonchev–Trinajstić information content (AvgIpc) is 3.14. The van der Waals surface area contributed by atoms with Crippen molar-refractivity contribution in [2.75, 3.05) is 32.2 Å². The van der Waals surface area contributed by atoms with E-state index < -0.39 is 0 Å². The monoisotopic (exact) mass is 379 g/mol. The van der Waals surface area contributed by atoms with E-state index in [9.17, 15) is 0 Å². The first kappa shape index (κ1) is 20.0. The smallest absolute Gasteiger partial charge is 0.203 e. The molecule has 0 aliphatic rings. The summed E-state index contributed by atoms with van der Waals surface area (Å²) < 4.78 is 13.0. The van der Waals surface area contributed by atoms with Gasteiger partial charge in [0.05, 0.1) is 25.1 Å². The van der Waals surface area contributed by atoms with Crippen molar-refractivity contribution in [1.29, 1.82) is 0 Å². The van der Waals surface area contributed by atoms with Gasteiger partial charge in [-0.2, -0.15) is 0 Å². The number of nitrogens with one attached hydrogen (secondary N) is 1. The highest BCUT2D eigenvalue weighted by Crippen LogP contribution is 2.25. The molecule has 3 aromatic rings. The molecule has 0 atom stereocenters. The highest BCUT2D eigenvalue weighted by Gasteiger charge is 2.11. The van der Waals surface area contributed by atoms with Gasteiger partial charge in [-0.3, -0.25) is 0 Å². The molecule has 5 heteroatoms. The van der Waals surface area contributed by atoms with Gasteiger partial charge in [0.1, 0.15) is 5.75 Å². The lowest BCUT2D eigenvalue weighted by Crippen LogP contribution is -2.13. The van der Waals surface area contributed by atoms with E-state index in [-0.39, 0.29) is 0 Å². The predicted molar refractivity (Wildman–Crippen MR) is 114 cm³/mol. The van der Waals surface area contributed by atoms with E-state index >= 15 is 0 Å². The van der Waals surface area contributed by atoms with Gasteiger partial charge in [-0.25, -0.2) is 4.98 Å². The summed E-state index contributed by atoms with van der Waals surface area (Å²) in [6.07, 6.45) is 4.03. The van der Waals surface area contributed by atoms with E-state index in [0.29, 0.717) is 13.2 Å². The number of benzene rings is 2. The van der Waals surface area contributed by atoms with Crippen LogP contribution in [0.4, 0.5) is 5.95 Å². The number of rotatable bonds is 11. The number of aryl methyl sites for hydroxylation is 1. The Hall–Kier alpha value is -2.79. The van der Waals surface area contributed by atoms with Crippen LogP contribution in [0.15, 0.2) is 60.8 Å². The van der Waals surface area contributed by atoms with Crippen LogP contribution in [0.25, 0.3) is 11.3 Å². The van der Waals surface area contributed by atoms with Crippen LogP contribution in [0.2, 0.25) is 0 Å². The fourth-order valence-electron chi connectivity index (χ4n) is 3.18. The van der Waals surface area contributed by atoms with Crippen LogP contribution >= 0.6 is 0 Å². The van der Waals surface area contributed by atoms with Gasteiger partial charge in [-0.15, -0.1) is 0 Å². The highest BCUT2D eigenvalue weighted by atomic mass is 16.5. The standard InChI is InChI=1S/C23H29N3O2/c1-3-28-21-13-11-20(12-14-21)22-18-25-23(26(22)16-17-27-2)24-15-7-10-19-8-5-4-6-9-19/h4-6,8-9,11-14,18H,3,7,10,15-17H2,1-2H3,(H,24,25). The van der Waals surface area contributed by atoms with Gasteiger partial charge in [0.15, 0.2) is 0 Å². The van der Waals surface area contributed by atoms with Gasteiger partial charge in [0, 0.05) is 25.8 Å². The molecule has 0 saturated heterocycles. The fourth-order valence-corrected chi connectivity index (χ4v) is 3.18. The van der Waals surface area contributed by atoms with Crippen LogP contribution in [-0.4, -0.2) is 36.4 Å². The van der Waals surface area contributed by atoms with Crippen molar-refractivity contribution in [3.63, 3.8) is 0 Å². The summed E-state index contributed by atoms with van der Waals surface area (Å²) in [6.45, 7) is 4.92. The molecule has 0 aliphatic carbocycles. The van der Waals surface area contributed by atoms with E-state index in [1.807, 2.05) is 25.3 Å². The first-order chi connectivity index (χ1) is 13.8. The maximum atomic E-state index is 5.54. The summed E-state index contributed by atoms with van der Waals surface area (Å²) in [7, 11) is 1.72. The topological polar surface area (TPSA) is 48.3 Å². The van der Waals surface area contributed by atoms with E-state index in [2.05, 4.69) is 57.3 Å². The van der Waals surface area contributed by atoms with Crippen molar-refractivity contribution in [1.82, 2.24) is 9.55 Å². The number of imidazole rings is 1.